The van der Waals surface area contributed by atoms with Crippen molar-refractivity contribution in [3.8, 4) is 0 Å². The highest BCUT2D eigenvalue weighted by Gasteiger charge is 2.25. The van der Waals surface area contributed by atoms with E-state index in [1.165, 1.54) is 19.1 Å². The maximum absolute atomic E-state index is 11.7. The first-order valence-electron chi connectivity index (χ1n) is 8.37. The number of carbonyl (C=O) groups is 1. The molecule has 1 unspecified atom stereocenters. The van der Waals surface area contributed by atoms with Crippen molar-refractivity contribution in [3.63, 3.8) is 0 Å². The minimum absolute atomic E-state index is 0.190. The number of aliphatic imine (C=N–C) groups is 1. The lowest BCUT2D eigenvalue weighted by molar-refractivity contribution is 0.0926. The molecule has 2 rings (SSSR count). The van der Waals surface area contributed by atoms with E-state index >= 15 is 0 Å². The summed E-state index contributed by atoms with van der Waals surface area (Å²) in [6.45, 7) is 7.84. The minimum Gasteiger partial charge on any atom is -0.459 e. The number of amides is 1. The lowest BCUT2D eigenvalue weighted by atomic mass is 9.97. The molecular weight excluding hydrogens is 292 g/mol. The van der Waals surface area contributed by atoms with E-state index in [0.29, 0.717) is 18.8 Å². The van der Waals surface area contributed by atoms with Gasteiger partial charge in [-0.1, -0.05) is 13.8 Å². The van der Waals surface area contributed by atoms with Crippen LogP contribution < -0.4 is 10.6 Å². The van der Waals surface area contributed by atoms with Gasteiger partial charge in [0, 0.05) is 33.2 Å². The van der Waals surface area contributed by atoms with Crippen LogP contribution in [0.25, 0.3) is 0 Å². The molecule has 6 heteroatoms. The highest BCUT2D eigenvalue weighted by Crippen LogP contribution is 2.23. The first-order valence-corrected chi connectivity index (χ1v) is 8.37. The maximum atomic E-state index is 11.7. The van der Waals surface area contributed by atoms with Crippen molar-refractivity contribution in [2.75, 3.05) is 33.2 Å². The van der Waals surface area contributed by atoms with E-state index in [1.54, 1.807) is 19.2 Å². The highest BCUT2D eigenvalue weighted by molar-refractivity contribution is 5.91. The predicted molar refractivity (Wildman–Crippen MR) is 91.5 cm³/mol. The number of carbonyl (C=O) groups excluding carboxylic acids is 1. The molecule has 1 aliphatic heterocycles. The van der Waals surface area contributed by atoms with Crippen LogP contribution in [0.5, 0.6) is 0 Å². The lowest BCUT2D eigenvalue weighted by Gasteiger charge is -2.22. The van der Waals surface area contributed by atoms with Gasteiger partial charge in [-0.2, -0.15) is 0 Å². The van der Waals surface area contributed by atoms with Gasteiger partial charge in [-0.25, -0.2) is 0 Å². The predicted octanol–water partition coefficient (Wildman–Crippen LogP) is 1.95. The number of nitrogens with one attached hydrogen (secondary N) is 2. The number of hydrogen-bond donors (Lipinski definition) is 2. The van der Waals surface area contributed by atoms with Gasteiger partial charge in [0.15, 0.2) is 11.7 Å². The van der Waals surface area contributed by atoms with E-state index < -0.39 is 0 Å². The van der Waals surface area contributed by atoms with E-state index in [0.717, 1.165) is 30.9 Å². The lowest BCUT2D eigenvalue weighted by Crippen LogP contribution is -2.43. The second kappa shape index (κ2) is 8.60. The third-order valence-electron chi connectivity index (χ3n) is 4.04. The number of nitrogens with zero attached hydrogens (tertiary/aromatic N) is 2. The number of furan rings is 1. The molecule has 1 amide bonds. The molecule has 0 aliphatic carbocycles. The van der Waals surface area contributed by atoms with Gasteiger partial charge in [0.1, 0.15) is 0 Å². The average molecular weight is 320 g/mol. The summed E-state index contributed by atoms with van der Waals surface area (Å²) in [5.41, 5.74) is 0. The fraction of sp³-hybridized carbons (Fsp3) is 0.647. The Balaban J connectivity index is 1.68. The Labute approximate surface area is 138 Å². The summed E-state index contributed by atoms with van der Waals surface area (Å²) in [4.78, 5) is 18.4. The van der Waals surface area contributed by atoms with Gasteiger partial charge in [0.05, 0.1) is 6.26 Å². The molecule has 2 heterocycles. The van der Waals surface area contributed by atoms with E-state index in [4.69, 9.17) is 4.42 Å². The molecule has 1 atom stereocenters. The first-order chi connectivity index (χ1) is 11.1. The van der Waals surface area contributed by atoms with Crippen LogP contribution in [0.2, 0.25) is 0 Å². The van der Waals surface area contributed by atoms with Crippen LogP contribution in [-0.4, -0.2) is 50.0 Å². The van der Waals surface area contributed by atoms with Crippen LogP contribution >= 0.6 is 0 Å². The second-order valence-electron chi connectivity index (χ2n) is 6.44. The van der Waals surface area contributed by atoms with Gasteiger partial charge in [0.25, 0.3) is 5.91 Å². The summed E-state index contributed by atoms with van der Waals surface area (Å²) in [7, 11) is 1.81. The van der Waals surface area contributed by atoms with Crippen LogP contribution in [0.3, 0.4) is 0 Å². The molecule has 1 aromatic rings. The Hall–Kier alpha value is -1.98. The molecule has 1 saturated heterocycles. The SMILES string of the molecule is CN=C(NCCNC(=O)c1ccco1)N1CCC(CC(C)C)C1. The third kappa shape index (κ3) is 5.30. The van der Waals surface area contributed by atoms with Crippen molar-refractivity contribution >= 4 is 11.9 Å². The summed E-state index contributed by atoms with van der Waals surface area (Å²) in [6.07, 6.45) is 4.00. The Kier molecular flexibility index (Phi) is 6.50. The molecule has 0 radical (unpaired) electrons. The number of guanidine groups is 1. The molecule has 1 aromatic heterocycles. The van der Waals surface area contributed by atoms with Crippen LogP contribution in [0.15, 0.2) is 27.8 Å². The van der Waals surface area contributed by atoms with Gasteiger partial charge in [-0.05, 0) is 36.8 Å². The van der Waals surface area contributed by atoms with Crippen molar-refractivity contribution in [2.24, 2.45) is 16.8 Å². The van der Waals surface area contributed by atoms with Crippen LogP contribution in [0.1, 0.15) is 37.2 Å². The largest absolute Gasteiger partial charge is 0.459 e. The molecule has 0 saturated carbocycles. The van der Waals surface area contributed by atoms with Crippen molar-refractivity contribution in [1.29, 1.82) is 0 Å². The summed E-state index contributed by atoms with van der Waals surface area (Å²) < 4.78 is 5.05. The van der Waals surface area contributed by atoms with Gasteiger partial charge in [0.2, 0.25) is 0 Å². The fourth-order valence-corrected chi connectivity index (χ4v) is 3.06. The smallest absolute Gasteiger partial charge is 0.287 e. The third-order valence-corrected chi connectivity index (χ3v) is 4.04. The van der Waals surface area contributed by atoms with Crippen molar-refractivity contribution < 1.29 is 9.21 Å². The topological polar surface area (TPSA) is 69.9 Å². The van der Waals surface area contributed by atoms with Crippen molar-refractivity contribution in [3.05, 3.63) is 24.2 Å². The zero-order chi connectivity index (χ0) is 16.7. The summed E-state index contributed by atoms with van der Waals surface area (Å²) in [6, 6.07) is 3.36. The standard InChI is InChI=1S/C17H28N4O2/c1-13(2)11-14-6-9-21(12-14)17(18-3)20-8-7-19-16(22)15-5-4-10-23-15/h4-5,10,13-14H,6-9,11-12H2,1-3H3,(H,18,20)(H,19,22). The number of rotatable bonds is 6. The van der Waals surface area contributed by atoms with E-state index in [1.807, 2.05) is 0 Å². The fourth-order valence-electron chi connectivity index (χ4n) is 3.06. The molecule has 1 aliphatic rings. The Bertz CT molecular complexity index is 511. The molecule has 0 aromatic carbocycles. The summed E-state index contributed by atoms with van der Waals surface area (Å²) in [5.74, 6) is 2.57. The van der Waals surface area contributed by atoms with Gasteiger partial charge < -0.3 is 20.0 Å². The van der Waals surface area contributed by atoms with Crippen LogP contribution in [0.4, 0.5) is 0 Å². The zero-order valence-corrected chi connectivity index (χ0v) is 14.3. The van der Waals surface area contributed by atoms with Gasteiger partial charge >= 0.3 is 0 Å². The summed E-state index contributed by atoms with van der Waals surface area (Å²) >= 11 is 0. The second-order valence-corrected chi connectivity index (χ2v) is 6.44. The molecule has 1 fully saturated rings. The molecule has 23 heavy (non-hydrogen) atoms. The minimum atomic E-state index is -0.190. The van der Waals surface area contributed by atoms with E-state index in [9.17, 15) is 4.79 Å². The number of hydrogen-bond acceptors (Lipinski definition) is 3. The molecule has 0 spiro atoms. The molecule has 6 nitrogen and oxygen atoms in total. The van der Waals surface area contributed by atoms with Crippen LogP contribution in [0, 0.1) is 11.8 Å². The number of likely N-dealkylation sites (tertiary alicyclic amines) is 1. The maximum Gasteiger partial charge on any atom is 0.287 e. The molecule has 0 bridgehead atoms. The normalized spacial score (nSPS) is 18.5. The van der Waals surface area contributed by atoms with Crippen molar-refractivity contribution in [1.82, 2.24) is 15.5 Å². The van der Waals surface area contributed by atoms with Crippen LogP contribution in [-0.2, 0) is 0 Å². The van der Waals surface area contributed by atoms with E-state index in [2.05, 4.69) is 34.4 Å². The first kappa shape index (κ1) is 17.4. The average Bonchev–Trinajstić information content (AvgIpc) is 3.18. The van der Waals surface area contributed by atoms with E-state index in [-0.39, 0.29) is 5.91 Å². The molecular formula is C17H28N4O2. The Morgan fingerprint density at radius 3 is 2.87 bits per heavy atom. The molecule has 2 N–H and O–H groups in total. The zero-order valence-electron chi connectivity index (χ0n) is 14.3. The summed E-state index contributed by atoms with van der Waals surface area (Å²) in [5, 5.41) is 6.14. The Morgan fingerprint density at radius 1 is 1.43 bits per heavy atom. The van der Waals surface area contributed by atoms with Gasteiger partial charge in [-0.3, -0.25) is 9.79 Å². The highest BCUT2D eigenvalue weighted by atomic mass is 16.3. The van der Waals surface area contributed by atoms with Gasteiger partial charge in [-0.15, -0.1) is 0 Å². The molecule has 128 valence electrons. The van der Waals surface area contributed by atoms with Crippen molar-refractivity contribution in [2.45, 2.75) is 26.7 Å². The Morgan fingerprint density at radius 2 is 2.22 bits per heavy atom. The quantitative estimate of drug-likeness (QED) is 0.477. The monoisotopic (exact) mass is 320 g/mol.